The summed E-state index contributed by atoms with van der Waals surface area (Å²) in [4.78, 5) is 35.8. The van der Waals surface area contributed by atoms with Gasteiger partial charge in [0.05, 0.1) is 11.7 Å². The van der Waals surface area contributed by atoms with Crippen LogP contribution in [0, 0.1) is 0 Å². The fourth-order valence-corrected chi connectivity index (χ4v) is 4.75. The second-order valence-electron chi connectivity index (χ2n) is 6.81. The Morgan fingerprint density at radius 3 is 2.96 bits per heavy atom. The number of hydrogen-bond donors (Lipinski definition) is 1. The van der Waals surface area contributed by atoms with E-state index in [0.29, 0.717) is 19.5 Å². The van der Waals surface area contributed by atoms with Crippen LogP contribution >= 0.6 is 11.3 Å². The van der Waals surface area contributed by atoms with Crippen molar-refractivity contribution in [1.82, 2.24) is 19.9 Å². The Morgan fingerprint density at radius 2 is 2.11 bits per heavy atom. The minimum atomic E-state index is -0.0646. The first-order chi connectivity index (χ1) is 13.2. The first-order valence-electron chi connectivity index (χ1n) is 9.38. The highest BCUT2D eigenvalue weighted by Crippen LogP contribution is 2.33. The molecule has 1 aliphatic rings. The summed E-state index contributed by atoms with van der Waals surface area (Å²) >= 11 is 1.65. The smallest absolute Gasteiger partial charge is 0.262 e. The van der Waals surface area contributed by atoms with Crippen LogP contribution in [0.1, 0.15) is 35.4 Å². The molecule has 3 aromatic rings. The first kappa shape index (κ1) is 17.9. The van der Waals surface area contributed by atoms with Gasteiger partial charge in [0.1, 0.15) is 4.83 Å². The predicted octanol–water partition coefficient (Wildman–Crippen LogP) is 2.48. The van der Waals surface area contributed by atoms with Crippen molar-refractivity contribution < 1.29 is 4.79 Å². The molecule has 0 fully saturated rings. The standard InChI is InChI=1S/C20H22N4O2S/c25-17(22-11-8-14-5-3-4-10-21-14)9-12-24-13-23-19-18(20(24)26)15-6-1-2-7-16(15)27-19/h3-5,10,13H,1-2,6-9,11-12H2,(H,22,25). The van der Waals surface area contributed by atoms with Gasteiger partial charge in [-0.1, -0.05) is 6.07 Å². The molecule has 1 amide bonds. The molecule has 0 aromatic carbocycles. The second kappa shape index (κ2) is 8.00. The Hall–Kier alpha value is -2.54. The number of pyridine rings is 1. The number of carbonyl (C=O) groups is 1. The molecule has 140 valence electrons. The minimum absolute atomic E-state index is 0.0133. The van der Waals surface area contributed by atoms with E-state index in [2.05, 4.69) is 15.3 Å². The summed E-state index contributed by atoms with van der Waals surface area (Å²) in [6.07, 6.45) is 8.61. The molecular formula is C20H22N4O2S. The lowest BCUT2D eigenvalue weighted by Gasteiger charge is -2.10. The van der Waals surface area contributed by atoms with E-state index < -0.39 is 0 Å². The molecule has 0 atom stereocenters. The van der Waals surface area contributed by atoms with Gasteiger partial charge in [0, 0.05) is 42.7 Å². The molecule has 7 heteroatoms. The van der Waals surface area contributed by atoms with Gasteiger partial charge in [-0.25, -0.2) is 4.98 Å². The van der Waals surface area contributed by atoms with Gasteiger partial charge >= 0.3 is 0 Å². The molecule has 0 unspecified atom stereocenters. The van der Waals surface area contributed by atoms with Crippen LogP contribution in [0.5, 0.6) is 0 Å². The van der Waals surface area contributed by atoms with Gasteiger partial charge in [0.25, 0.3) is 5.56 Å². The fourth-order valence-electron chi connectivity index (χ4n) is 3.53. The number of aromatic nitrogens is 3. The fraction of sp³-hybridized carbons (Fsp3) is 0.400. The molecule has 0 saturated heterocycles. The quantitative estimate of drug-likeness (QED) is 0.711. The van der Waals surface area contributed by atoms with E-state index >= 15 is 0 Å². The Bertz CT molecular complexity index is 1010. The zero-order valence-corrected chi connectivity index (χ0v) is 15.9. The highest BCUT2D eigenvalue weighted by Gasteiger charge is 2.20. The van der Waals surface area contributed by atoms with Crippen molar-refractivity contribution in [2.45, 2.75) is 45.1 Å². The molecule has 0 spiro atoms. The number of aryl methyl sites for hydroxylation is 3. The molecular weight excluding hydrogens is 360 g/mol. The zero-order chi connectivity index (χ0) is 18.6. The molecule has 0 aliphatic heterocycles. The maximum absolute atomic E-state index is 12.9. The molecule has 0 saturated carbocycles. The number of rotatable bonds is 6. The van der Waals surface area contributed by atoms with Crippen LogP contribution in [0.2, 0.25) is 0 Å². The van der Waals surface area contributed by atoms with Gasteiger partial charge in [-0.05, 0) is 43.4 Å². The Morgan fingerprint density at radius 1 is 1.22 bits per heavy atom. The van der Waals surface area contributed by atoms with E-state index in [1.807, 2.05) is 18.2 Å². The van der Waals surface area contributed by atoms with Crippen LogP contribution in [-0.2, 0) is 30.6 Å². The topological polar surface area (TPSA) is 76.9 Å². The molecule has 27 heavy (non-hydrogen) atoms. The average molecular weight is 382 g/mol. The zero-order valence-electron chi connectivity index (χ0n) is 15.1. The Kier molecular flexibility index (Phi) is 5.29. The number of nitrogens with one attached hydrogen (secondary N) is 1. The maximum atomic E-state index is 12.9. The highest BCUT2D eigenvalue weighted by molar-refractivity contribution is 7.18. The first-order valence-corrected chi connectivity index (χ1v) is 10.2. The third kappa shape index (κ3) is 3.93. The second-order valence-corrected chi connectivity index (χ2v) is 7.89. The van der Waals surface area contributed by atoms with Crippen molar-refractivity contribution in [3.8, 4) is 0 Å². The van der Waals surface area contributed by atoms with E-state index in [4.69, 9.17) is 0 Å². The minimum Gasteiger partial charge on any atom is -0.356 e. The summed E-state index contributed by atoms with van der Waals surface area (Å²) in [5.41, 5.74) is 2.12. The third-order valence-corrected chi connectivity index (χ3v) is 6.15. The van der Waals surface area contributed by atoms with E-state index in [9.17, 15) is 9.59 Å². The molecule has 6 nitrogen and oxygen atoms in total. The van der Waals surface area contributed by atoms with Crippen molar-refractivity contribution in [3.63, 3.8) is 0 Å². The van der Waals surface area contributed by atoms with Gasteiger partial charge in [0.2, 0.25) is 5.91 Å². The molecule has 3 heterocycles. The van der Waals surface area contributed by atoms with Crippen LogP contribution < -0.4 is 10.9 Å². The number of nitrogens with zero attached hydrogens (tertiary/aromatic N) is 3. The van der Waals surface area contributed by atoms with Gasteiger partial charge < -0.3 is 5.32 Å². The van der Waals surface area contributed by atoms with Gasteiger partial charge in [-0.15, -0.1) is 11.3 Å². The molecule has 1 aliphatic carbocycles. The highest BCUT2D eigenvalue weighted by atomic mass is 32.1. The molecule has 1 N–H and O–H groups in total. The normalized spacial score (nSPS) is 13.5. The number of fused-ring (bicyclic) bond motifs is 3. The van der Waals surface area contributed by atoms with Crippen LogP contribution in [0.15, 0.2) is 35.5 Å². The van der Waals surface area contributed by atoms with Crippen molar-refractivity contribution in [3.05, 3.63) is 57.2 Å². The number of hydrogen-bond acceptors (Lipinski definition) is 5. The molecule has 4 rings (SSSR count). The lowest BCUT2D eigenvalue weighted by molar-refractivity contribution is -0.121. The van der Waals surface area contributed by atoms with Gasteiger partial charge in [-0.3, -0.25) is 19.1 Å². The van der Waals surface area contributed by atoms with Crippen molar-refractivity contribution in [1.29, 1.82) is 0 Å². The summed E-state index contributed by atoms with van der Waals surface area (Å²) in [6.45, 7) is 0.891. The van der Waals surface area contributed by atoms with Crippen molar-refractivity contribution >= 4 is 27.5 Å². The van der Waals surface area contributed by atoms with E-state index in [-0.39, 0.29) is 17.9 Å². The lowest BCUT2D eigenvalue weighted by atomic mass is 9.97. The predicted molar refractivity (Wildman–Crippen MR) is 106 cm³/mol. The molecule has 0 radical (unpaired) electrons. The summed E-state index contributed by atoms with van der Waals surface area (Å²) in [7, 11) is 0. The number of amides is 1. The van der Waals surface area contributed by atoms with Crippen molar-refractivity contribution in [2.24, 2.45) is 0 Å². The summed E-state index contributed by atoms with van der Waals surface area (Å²) in [5, 5.41) is 3.66. The average Bonchev–Trinajstić information content (AvgIpc) is 3.07. The van der Waals surface area contributed by atoms with Crippen LogP contribution in [0.25, 0.3) is 10.2 Å². The van der Waals surface area contributed by atoms with Gasteiger partial charge in [0.15, 0.2) is 0 Å². The van der Waals surface area contributed by atoms with E-state index in [0.717, 1.165) is 35.2 Å². The van der Waals surface area contributed by atoms with Crippen molar-refractivity contribution in [2.75, 3.05) is 6.54 Å². The summed E-state index contributed by atoms with van der Waals surface area (Å²) < 4.78 is 1.57. The SMILES string of the molecule is O=C(CCn1cnc2sc3c(c2c1=O)CCCC3)NCCc1ccccn1. The molecule has 3 aromatic heterocycles. The molecule has 0 bridgehead atoms. The van der Waals surface area contributed by atoms with Crippen LogP contribution in [0.3, 0.4) is 0 Å². The van der Waals surface area contributed by atoms with Crippen LogP contribution in [-0.4, -0.2) is 27.0 Å². The van der Waals surface area contributed by atoms with E-state index in [1.54, 1.807) is 28.4 Å². The number of carbonyl (C=O) groups excluding carboxylic acids is 1. The number of thiophene rings is 1. The summed E-state index contributed by atoms with van der Waals surface area (Å²) in [5.74, 6) is -0.0646. The third-order valence-electron chi connectivity index (χ3n) is 4.95. The van der Waals surface area contributed by atoms with E-state index in [1.165, 1.54) is 16.9 Å². The monoisotopic (exact) mass is 382 g/mol. The summed E-state index contributed by atoms with van der Waals surface area (Å²) in [6, 6.07) is 5.74. The lowest BCUT2D eigenvalue weighted by Crippen LogP contribution is -2.29. The Labute approximate surface area is 161 Å². The van der Waals surface area contributed by atoms with Crippen LogP contribution in [0.4, 0.5) is 0 Å². The Balaban J connectivity index is 1.38. The maximum Gasteiger partial charge on any atom is 0.262 e. The largest absolute Gasteiger partial charge is 0.356 e. The van der Waals surface area contributed by atoms with Gasteiger partial charge in [-0.2, -0.15) is 0 Å².